The minimum Gasteiger partial charge on any atom is -0.348 e. The second-order valence-corrected chi connectivity index (χ2v) is 6.71. The maximum Gasteiger partial charge on any atom is 0.233 e. The molecular weight excluding hydrogens is 340 g/mol. The van der Waals surface area contributed by atoms with Gasteiger partial charge in [-0.2, -0.15) is 20.1 Å². The fourth-order valence-electron chi connectivity index (χ4n) is 2.84. The van der Waals surface area contributed by atoms with E-state index in [4.69, 9.17) is 6.57 Å². The zero-order valence-corrected chi connectivity index (χ0v) is 15.2. The Bertz CT molecular complexity index is 982. The van der Waals surface area contributed by atoms with Crippen LogP contribution in [0.25, 0.3) is 4.85 Å². The Balaban J connectivity index is 1.48. The molecule has 1 atom stereocenters. The summed E-state index contributed by atoms with van der Waals surface area (Å²) in [6, 6.07) is 9.47. The van der Waals surface area contributed by atoms with Crippen LogP contribution >= 0.6 is 0 Å². The second-order valence-electron chi connectivity index (χ2n) is 6.71. The van der Waals surface area contributed by atoms with Crippen LogP contribution in [0.3, 0.4) is 0 Å². The third kappa shape index (κ3) is 4.03. The van der Waals surface area contributed by atoms with Crippen LogP contribution < -0.4 is 10.6 Å². The van der Waals surface area contributed by atoms with Gasteiger partial charge >= 0.3 is 0 Å². The first-order chi connectivity index (χ1) is 13.1. The largest absolute Gasteiger partial charge is 0.348 e. The van der Waals surface area contributed by atoms with E-state index in [0.717, 1.165) is 11.3 Å². The Morgan fingerprint density at radius 1 is 1.15 bits per heavy atom. The van der Waals surface area contributed by atoms with E-state index >= 15 is 0 Å². The van der Waals surface area contributed by atoms with Crippen molar-refractivity contribution in [3.05, 3.63) is 58.8 Å². The van der Waals surface area contributed by atoms with E-state index in [1.807, 2.05) is 32.0 Å². The lowest BCUT2D eigenvalue weighted by molar-refractivity contribution is 0.847. The lowest BCUT2D eigenvalue weighted by Gasteiger charge is -2.15. The first kappa shape index (κ1) is 17.0. The average molecular weight is 360 g/mol. The van der Waals surface area contributed by atoms with Crippen LogP contribution in [0.5, 0.6) is 0 Å². The fraction of sp³-hybridized carbons (Fsp3) is 0.316. The number of aryl methyl sites for hydroxylation is 1. The van der Waals surface area contributed by atoms with Crippen molar-refractivity contribution in [1.82, 2.24) is 25.1 Å². The standard InChI is InChI=1S/C19H20N8/c1-11(13-6-8-15(20-3)9-7-13)21-18-22-12(2)23-19(25-18)24-17-10-16(26-27-17)14-4-5-14/h6-11,14H,4-5H2,1-2H3,(H3,21,22,23,24,25,26,27). The molecule has 8 nitrogen and oxygen atoms in total. The Kier molecular flexibility index (Phi) is 4.42. The van der Waals surface area contributed by atoms with Crippen molar-refractivity contribution in [3.63, 3.8) is 0 Å². The topological polar surface area (TPSA) is 95.8 Å². The molecule has 0 spiro atoms. The lowest BCUT2D eigenvalue weighted by Crippen LogP contribution is -2.12. The van der Waals surface area contributed by atoms with Crippen LogP contribution in [0.4, 0.5) is 23.4 Å². The van der Waals surface area contributed by atoms with Gasteiger partial charge in [0.1, 0.15) is 5.82 Å². The molecule has 2 aromatic heterocycles. The van der Waals surface area contributed by atoms with Gasteiger partial charge in [0.15, 0.2) is 11.5 Å². The Morgan fingerprint density at radius 2 is 1.89 bits per heavy atom. The zero-order chi connectivity index (χ0) is 18.8. The fourth-order valence-corrected chi connectivity index (χ4v) is 2.84. The molecule has 3 N–H and O–H groups in total. The van der Waals surface area contributed by atoms with E-state index < -0.39 is 0 Å². The molecule has 0 saturated heterocycles. The SMILES string of the molecule is [C-]#[N+]c1ccc(C(C)Nc2nc(C)nc(Nc3cc(C4CC4)[nH]n3)n2)cc1. The minimum absolute atomic E-state index is 0.00807. The molecule has 1 aliphatic rings. The summed E-state index contributed by atoms with van der Waals surface area (Å²) < 4.78 is 0. The van der Waals surface area contributed by atoms with Gasteiger partial charge in [-0.25, -0.2) is 4.85 Å². The third-order valence-corrected chi connectivity index (χ3v) is 4.47. The molecule has 0 bridgehead atoms. The smallest absolute Gasteiger partial charge is 0.233 e. The highest BCUT2D eigenvalue weighted by Crippen LogP contribution is 2.39. The highest BCUT2D eigenvalue weighted by molar-refractivity contribution is 5.51. The summed E-state index contributed by atoms with van der Waals surface area (Å²) in [5.41, 5.74) is 2.83. The third-order valence-electron chi connectivity index (χ3n) is 4.47. The molecule has 2 heterocycles. The average Bonchev–Trinajstić information content (AvgIpc) is 3.41. The quantitative estimate of drug-likeness (QED) is 0.569. The van der Waals surface area contributed by atoms with Gasteiger partial charge < -0.3 is 10.6 Å². The summed E-state index contributed by atoms with van der Waals surface area (Å²) in [5.74, 6) is 2.87. The highest BCUT2D eigenvalue weighted by atomic mass is 15.3. The van der Waals surface area contributed by atoms with Crippen molar-refractivity contribution in [2.75, 3.05) is 10.6 Å². The van der Waals surface area contributed by atoms with Crippen molar-refractivity contribution >= 4 is 23.4 Å². The van der Waals surface area contributed by atoms with Gasteiger partial charge in [-0.05, 0) is 32.3 Å². The van der Waals surface area contributed by atoms with Gasteiger partial charge in [-0.15, -0.1) is 0 Å². The van der Waals surface area contributed by atoms with Gasteiger partial charge in [-0.1, -0.05) is 24.3 Å². The van der Waals surface area contributed by atoms with Crippen molar-refractivity contribution in [1.29, 1.82) is 0 Å². The summed E-state index contributed by atoms with van der Waals surface area (Å²) in [6.45, 7) is 10.9. The molecule has 1 aliphatic carbocycles. The van der Waals surface area contributed by atoms with Gasteiger partial charge in [0.25, 0.3) is 0 Å². The van der Waals surface area contributed by atoms with Crippen LogP contribution in [0.1, 0.15) is 48.8 Å². The zero-order valence-electron chi connectivity index (χ0n) is 15.2. The van der Waals surface area contributed by atoms with E-state index in [9.17, 15) is 0 Å². The molecule has 27 heavy (non-hydrogen) atoms. The molecule has 136 valence electrons. The number of nitrogens with zero attached hydrogens (tertiary/aromatic N) is 5. The Morgan fingerprint density at radius 3 is 2.59 bits per heavy atom. The number of hydrogen-bond donors (Lipinski definition) is 3. The molecular formula is C19H20N8. The van der Waals surface area contributed by atoms with E-state index in [1.165, 1.54) is 12.8 Å². The van der Waals surface area contributed by atoms with Crippen molar-refractivity contribution in [2.24, 2.45) is 0 Å². The Labute approximate surface area is 157 Å². The Hall–Kier alpha value is -3.47. The molecule has 3 aromatic rings. The van der Waals surface area contributed by atoms with E-state index in [2.05, 4.69) is 40.6 Å². The molecule has 1 saturated carbocycles. The summed E-state index contributed by atoms with van der Waals surface area (Å²) in [5, 5.41) is 13.8. The number of aromatic amines is 1. The van der Waals surface area contributed by atoms with Crippen molar-refractivity contribution in [3.8, 4) is 0 Å². The van der Waals surface area contributed by atoms with Crippen LogP contribution in [-0.2, 0) is 0 Å². The number of benzene rings is 1. The van der Waals surface area contributed by atoms with Crippen LogP contribution in [0.15, 0.2) is 30.3 Å². The highest BCUT2D eigenvalue weighted by Gasteiger charge is 2.25. The maximum absolute atomic E-state index is 7.04. The monoisotopic (exact) mass is 360 g/mol. The maximum atomic E-state index is 7.04. The molecule has 1 unspecified atom stereocenters. The first-order valence-electron chi connectivity index (χ1n) is 8.89. The molecule has 8 heteroatoms. The summed E-state index contributed by atoms with van der Waals surface area (Å²) in [6.07, 6.45) is 2.44. The molecule has 0 amide bonds. The first-order valence-corrected chi connectivity index (χ1v) is 8.89. The predicted octanol–water partition coefficient (Wildman–Crippen LogP) is 4.25. The number of rotatable bonds is 6. The normalized spacial score (nSPS) is 14.4. The molecule has 4 rings (SSSR count). The van der Waals surface area contributed by atoms with E-state index in [-0.39, 0.29) is 6.04 Å². The minimum atomic E-state index is -0.00807. The van der Waals surface area contributed by atoms with Gasteiger partial charge in [-0.3, -0.25) is 5.10 Å². The van der Waals surface area contributed by atoms with Crippen LogP contribution in [0.2, 0.25) is 0 Å². The van der Waals surface area contributed by atoms with Gasteiger partial charge in [0, 0.05) is 17.7 Å². The van der Waals surface area contributed by atoms with Crippen LogP contribution in [-0.4, -0.2) is 25.1 Å². The summed E-state index contributed by atoms with van der Waals surface area (Å²) in [7, 11) is 0. The number of hydrogen-bond acceptors (Lipinski definition) is 6. The molecule has 1 fully saturated rings. The lowest BCUT2D eigenvalue weighted by atomic mass is 10.1. The summed E-state index contributed by atoms with van der Waals surface area (Å²) >= 11 is 0. The van der Waals surface area contributed by atoms with E-state index in [1.54, 1.807) is 12.1 Å². The number of nitrogens with one attached hydrogen (secondary N) is 3. The predicted molar refractivity (Wildman–Crippen MR) is 103 cm³/mol. The number of anilines is 3. The van der Waals surface area contributed by atoms with Gasteiger partial charge in [0.2, 0.25) is 11.9 Å². The van der Waals surface area contributed by atoms with Crippen molar-refractivity contribution < 1.29 is 0 Å². The van der Waals surface area contributed by atoms with Crippen molar-refractivity contribution in [2.45, 2.75) is 38.6 Å². The number of aromatic nitrogens is 5. The molecule has 0 radical (unpaired) electrons. The second kappa shape index (κ2) is 7.03. The number of H-pyrrole nitrogens is 1. The van der Waals surface area contributed by atoms with Gasteiger partial charge in [0.05, 0.1) is 12.6 Å². The molecule has 0 aliphatic heterocycles. The van der Waals surface area contributed by atoms with E-state index in [0.29, 0.717) is 35.1 Å². The molecule has 1 aromatic carbocycles. The summed E-state index contributed by atoms with van der Waals surface area (Å²) in [4.78, 5) is 16.6. The van der Waals surface area contributed by atoms with Crippen LogP contribution in [0, 0.1) is 13.5 Å².